The Morgan fingerprint density at radius 1 is 1.26 bits per heavy atom. The highest BCUT2D eigenvalue weighted by Gasteiger charge is 2.09. The molecule has 0 atom stereocenters. The standard InChI is InChI=1S/C14H12BrFN2O/c1-8-4-9(6-10(16)5-8)14(19)18-11-2-3-12(15)13(17)7-11/h2-7H,17H2,1H3,(H,18,19). The third kappa shape index (κ3) is 3.32. The molecule has 3 N–H and O–H groups in total. The SMILES string of the molecule is Cc1cc(F)cc(C(=O)Nc2ccc(Br)c(N)c2)c1. The van der Waals surface area contributed by atoms with Crippen molar-refractivity contribution < 1.29 is 9.18 Å². The molecule has 3 nitrogen and oxygen atoms in total. The van der Waals surface area contributed by atoms with Crippen molar-refractivity contribution in [2.75, 3.05) is 11.1 Å². The maximum atomic E-state index is 13.2. The van der Waals surface area contributed by atoms with Crippen LogP contribution in [0.5, 0.6) is 0 Å². The van der Waals surface area contributed by atoms with Gasteiger partial charge in [-0.15, -0.1) is 0 Å². The average molecular weight is 323 g/mol. The number of anilines is 2. The molecule has 0 aromatic heterocycles. The number of hydrogen-bond donors (Lipinski definition) is 2. The van der Waals surface area contributed by atoms with Crippen LogP contribution in [0, 0.1) is 12.7 Å². The first kappa shape index (κ1) is 13.5. The highest BCUT2D eigenvalue weighted by Crippen LogP contribution is 2.23. The smallest absolute Gasteiger partial charge is 0.255 e. The predicted octanol–water partition coefficient (Wildman–Crippen LogP) is 3.73. The van der Waals surface area contributed by atoms with E-state index in [1.54, 1.807) is 31.2 Å². The second-order valence-corrected chi connectivity index (χ2v) is 5.06. The number of amides is 1. The van der Waals surface area contributed by atoms with E-state index >= 15 is 0 Å². The third-order valence-electron chi connectivity index (χ3n) is 2.56. The van der Waals surface area contributed by atoms with Crippen molar-refractivity contribution in [3.63, 3.8) is 0 Å². The zero-order valence-corrected chi connectivity index (χ0v) is 11.8. The van der Waals surface area contributed by atoms with Crippen molar-refractivity contribution in [1.82, 2.24) is 0 Å². The summed E-state index contributed by atoms with van der Waals surface area (Å²) in [6.45, 7) is 1.73. The number of aryl methyl sites for hydroxylation is 1. The fourth-order valence-electron chi connectivity index (χ4n) is 1.69. The van der Waals surface area contributed by atoms with Gasteiger partial charge in [0.15, 0.2) is 0 Å². The normalized spacial score (nSPS) is 10.3. The van der Waals surface area contributed by atoms with Crippen LogP contribution in [0.2, 0.25) is 0 Å². The van der Waals surface area contributed by atoms with Gasteiger partial charge in [0.2, 0.25) is 0 Å². The Bertz CT molecular complexity index is 623. The largest absolute Gasteiger partial charge is 0.398 e. The van der Waals surface area contributed by atoms with E-state index in [9.17, 15) is 9.18 Å². The van der Waals surface area contributed by atoms with Gasteiger partial charge in [-0.25, -0.2) is 4.39 Å². The molecule has 5 heteroatoms. The van der Waals surface area contributed by atoms with Crippen molar-refractivity contribution >= 4 is 33.2 Å². The lowest BCUT2D eigenvalue weighted by Gasteiger charge is -2.08. The van der Waals surface area contributed by atoms with Gasteiger partial charge in [0.25, 0.3) is 5.91 Å². The summed E-state index contributed by atoms with van der Waals surface area (Å²) in [6, 6.07) is 9.28. The van der Waals surface area contributed by atoms with Crippen LogP contribution in [0.25, 0.3) is 0 Å². The summed E-state index contributed by atoms with van der Waals surface area (Å²) in [5.41, 5.74) is 7.78. The zero-order valence-electron chi connectivity index (χ0n) is 10.2. The number of benzene rings is 2. The average Bonchev–Trinajstić information content (AvgIpc) is 2.32. The molecule has 0 saturated heterocycles. The fourth-order valence-corrected chi connectivity index (χ4v) is 1.94. The van der Waals surface area contributed by atoms with Gasteiger partial charge in [-0.1, -0.05) is 0 Å². The first-order valence-electron chi connectivity index (χ1n) is 5.59. The summed E-state index contributed by atoms with van der Waals surface area (Å²) in [7, 11) is 0. The first-order valence-corrected chi connectivity index (χ1v) is 6.38. The Hall–Kier alpha value is -1.88. The van der Waals surface area contributed by atoms with Gasteiger partial charge < -0.3 is 11.1 Å². The van der Waals surface area contributed by atoms with Crippen LogP contribution in [0.4, 0.5) is 15.8 Å². The Labute approximate surface area is 118 Å². The summed E-state index contributed by atoms with van der Waals surface area (Å²) in [6.07, 6.45) is 0. The first-order chi connectivity index (χ1) is 8.95. The molecule has 19 heavy (non-hydrogen) atoms. The van der Waals surface area contributed by atoms with E-state index in [1.165, 1.54) is 12.1 Å². The highest BCUT2D eigenvalue weighted by molar-refractivity contribution is 9.10. The number of nitrogens with one attached hydrogen (secondary N) is 1. The topological polar surface area (TPSA) is 55.1 Å². The van der Waals surface area contributed by atoms with E-state index in [4.69, 9.17) is 5.73 Å². The summed E-state index contributed by atoms with van der Waals surface area (Å²) in [5, 5.41) is 2.67. The van der Waals surface area contributed by atoms with Gasteiger partial charge >= 0.3 is 0 Å². The van der Waals surface area contributed by atoms with Crippen molar-refractivity contribution in [3.8, 4) is 0 Å². The Kier molecular flexibility index (Phi) is 3.85. The number of nitrogen functional groups attached to an aromatic ring is 1. The molecule has 0 aliphatic heterocycles. The molecular formula is C14H12BrFN2O. The van der Waals surface area contributed by atoms with Gasteiger partial charge in [0.1, 0.15) is 5.82 Å². The van der Waals surface area contributed by atoms with Gasteiger partial charge in [-0.05, 0) is 64.8 Å². The van der Waals surface area contributed by atoms with Gasteiger partial charge in [0, 0.05) is 21.4 Å². The van der Waals surface area contributed by atoms with Crippen LogP contribution in [0.15, 0.2) is 40.9 Å². The number of carbonyl (C=O) groups is 1. The quantitative estimate of drug-likeness (QED) is 0.828. The van der Waals surface area contributed by atoms with E-state index in [0.29, 0.717) is 16.9 Å². The molecule has 0 spiro atoms. The molecule has 0 unspecified atom stereocenters. The van der Waals surface area contributed by atoms with Crippen LogP contribution in [-0.4, -0.2) is 5.91 Å². The van der Waals surface area contributed by atoms with Crippen LogP contribution in [0.1, 0.15) is 15.9 Å². The summed E-state index contributed by atoms with van der Waals surface area (Å²) >= 11 is 3.27. The molecular weight excluding hydrogens is 311 g/mol. The van der Waals surface area contributed by atoms with Crippen LogP contribution >= 0.6 is 15.9 Å². The molecule has 1 amide bonds. The van der Waals surface area contributed by atoms with E-state index < -0.39 is 5.82 Å². The summed E-state index contributed by atoms with van der Waals surface area (Å²) < 4.78 is 14.0. The number of carbonyl (C=O) groups excluding carboxylic acids is 1. The summed E-state index contributed by atoms with van der Waals surface area (Å²) in [5.74, 6) is -0.801. The molecule has 2 rings (SSSR count). The molecule has 0 fully saturated rings. The minimum atomic E-state index is -0.430. The zero-order chi connectivity index (χ0) is 14.0. The van der Waals surface area contributed by atoms with Crippen molar-refractivity contribution in [1.29, 1.82) is 0 Å². The van der Waals surface area contributed by atoms with Crippen molar-refractivity contribution in [2.24, 2.45) is 0 Å². The maximum Gasteiger partial charge on any atom is 0.255 e. The fraction of sp³-hybridized carbons (Fsp3) is 0.0714. The van der Waals surface area contributed by atoms with Crippen LogP contribution in [-0.2, 0) is 0 Å². The lowest BCUT2D eigenvalue weighted by atomic mass is 10.1. The molecule has 0 aliphatic carbocycles. The van der Waals surface area contributed by atoms with Gasteiger partial charge in [-0.2, -0.15) is 0 Å². The number of hydrogen-bond acceptors (Lipinski definition) is 2. The number of halogens is 2. The molecule has 0 heterocycles. The lowest BCUT2D eigenvalue weighted by Crippen LogP contribution is -2.12. The van der Waals surface area contributed by atoms with Gasteiger partial charge in [-0.3, -0.25) is 4.79 Å². The van der Waals surface area contributed by atoms with Gasteiger partial charge in [0.05, 0.1) is 0 Å². The molecule has 0 aliphatic rings. The van der Waals surface area contributed by atoms with E-state index in [2.05, 4.69) is 21.2 Å². The van der Waals surface area contributed by atoms with E-state index in [0.717, 1.165) is 4.47 Å². The highest BCUT2D eigenvalue weighted by atomic mass is 79.9. The lowest BCUT2D eigenvalue weighted by molar-refractivity contribution is 0.102. The molecule has 0 saturated carbocycles. The maximum absolute atomic E-state index is 13.2. The Balaban J connectivity index is 2.22. The third-order valence-corrected chi connectivity index (χ3v) is 3.28. The second-order valence-electron chi connectivity index (χ2n) is 4.21. The molecule has 2 aromatic rings. The minimum absolute atomic E-state index is 0.277. The minimum Gasteiger partial charge on any atom is -0.398 e. The number of rotatable bonds is 2. The second kappa shape index (κ2) is 5.40. The molecule has 0 radical (unpaired) electrons. The molecule has 2 aromatic carbocycles. The summed E-state index contributed by atoms with van der Waals surface area (Å²) in [4.78, 5) is 12.0. The predicted molar refractivity (Wildman–Crippen MR) is 77.6 cm³/mol. The Morgan fingerprint density at radius 2 is 2.00 bits per heavy atom. The van der Waals surface area contributed by atoms with Crippen LogP contribution in [0.3, 0.4) is 0 Å². The van der Waals surface area contributed by atoms with Crippen LogP contribution < -0.4 is 11.1 Å². The van der Waals surface area contributed by atoms with E-state index in [1.807, 2.05) is 0 Å². The molecule has 0 bridgehead atoms. The Morgan fingerprint density at radius 3 is 2.63 bits per heavy atom. The molecule has 98 valence electrons. The monoisotopic (exact) mass is 322 g/mol. The van der Waals surface area contributed by atoms with E-state index in [-0.39, 0.29) is 11.5 Å². The van der Waals surface area contributed by atoms with Crippen molar-refractivity contribution in [3.05, 3.63) is 57.8 Å². The number of nitrogens with two attached hydrogens (primary N) is 1. The van der Waals surface area contributed by atoms with Crippen molar-refractivity contribution in [2.45, 2.75) is 6.92 Å².